The fraction of sp³-hybridized carbons (Fsp3) is 0.273. The van der Waals surface area contributed by atoms with Crippen LogP contribution in [0.2, 0.25) is 0 Å². The molecule has 0 unspecified atom stereocenters. The van der Waals surface area contributed by atoms with Crippen molar-refractivity contribution in [2.75, 3.05) is 6.54 Å². The van der Waals surface area contributed by atoms with Gasteiger partial charge in [0.1, 0.15) is 6.33 Å². The maximum atomic E-state index is 11.9. The van der Waals surface area contributed by atoms with Gasteiger partial charge < -0.3 is 5.73 Å². The number of nitrogens with two attached hydrogens (primary N) is 1. The third-order valence-electron chi connectivity index (χ3n) is 2.34. The van der Waals surface area contributed by atoms with Crippen molar-refractivity contribution in [1.82, 2.24) is 14.3 Å². The largest absolute Gasteiger partial charge is 0.350 e. The molecule has 5 nitrogen and oxygen atoms in total. The molecule has 0 fully saturated rings. The van der Waals surface area contributed by atoms with Crippen molar-refractivity contribution in [2.45, 2.75) is 13.0 Å². The molecule has 5 heteroatoms. The van der Waals surface area contributed by atoms with Crippen LogP contribution in [0.1, 0.15) is 6.42 Å². The number of hydrogen-bond donors (Lipinski definition) is 1. The van der Waals surface area contributed by atoms with E-state index < -0.39 is 0 Å². The van der Waals surface area contributed by atoms with Gasteiger partial charge in [-0.15, -0.1) is 0 Å². The number of benzene rings is 1. The predicted octanol–water partition coefficient (Wildman–Crippen LogP) is 0.383. The molecule has 0 spiro atoms. The van der Waals surface area contributed by atoms with Crippen LogP contribution in [-0.4, -0.2) is 20.9 Å². The smallest absolute Gasteiger partial charge is 0.330 e. The van der Waals surface area contributed by atoms with Crippen molar-refractivity contribution in [2.24, 2.45) is 5.73 Å². The maximum Gasteiger partial charge on any atom is 0.350 e. The van der Waals surface area contributed by atoms with E-state index in [1.165, 1.54) is 15.6 Å². The van der Waals surface area contributed by atoms with Gasteiger partial charge in [0.2, 0.25) is 0 Å². The van der Waals surface area contributed by atoms with Gasteiger partial charge in [-0.2, -0.15) is 5.10 Å². The summed E-state index contributed by atoms with van der Waals surface area (Å²) in [4.78, 5) is 11.9. The van der Waals surface area contributed by atoms with Crippen LogP contribution in [0, 0.1) is 0 Å². The summed E-state index contributed by atoms with van der Waals surface area (Å²) in [5.74, 6) is 0. The van der Waals surface area contributed by atoms with E-state index in [9.17, 15) is 4.79 Å². The fourth-order valence-corrected chi connectivity index (χ4v) is 1.50. The SMILES string of the molecule is NCCCn1ncn(-c2ccccc2)c1=O. The van der Waals surface area contributed by atoms with Crippen LogP contribution in [0.4, 0.5) is 0 Å². The van der Waals surface area contributed by atoms with E-state index in [4.69, 9.17) is 5.73 Å². The van der Waals surface area contributed by atoms with Crippen LogP contribution in [-0.2, 0) is 6.54 Å². The van der Waals surface area contributed by atoms with Gasteiger partial charge in [-0.05, 0) is 25.1 Å². The first-order chi connectivity index (χ1) is 7.83. The number of para-hydroxylation sites is 1. The van der Waals surface area contributed by atoms with Crippen LogP contribution in [0.25, 0.3) is 5.69 Å². The number of hydrogen-bond acceptors (Lipinski definition) is 3. The summed E-state index contributed by atoms with van der Waals surface area (Å²) in [6, 6.07) is 9.43. The molecule has 16 heavy (non-hydrogen) atoms. The first-order valence-corrected chi connectivity index (χ1v) is 5.23. The highest BCUT2D eigenvalue weighted by molar-refractivity contribution is 5.30. The number of aromatic nitrogens is 3. The average Bonchev–Trinajstić information content (AvgIpc) is 2.69. The Kier molecular flexibility index (Phi) is 3.16. The molecule has 1 aromatic carbocycles. The summed E-state index contributed by atoms with van der Waals surface area (Å²) >= 11 is 0. The van der Waals surface area contributed by atoms with E-state index in [2.05, 4.69) is 5.10 Å². The number of nitrogens with zero attached hydrogens (tertiary/aromatic N) is 3. The van der Waals surface area contributed by atoms with Gasteiger partial charge >= 0.3 is 5.69 Å². The molecule has 0 aliphatic heterocycles. The molecule has 2 N–H and O–H groups in total. The number of aryl methyl sites for hydroxylation is 1. The summed E-state index contributed by atoms with van der Waals surface area (Å²) < 4.78 is 2.95. The van der Waals surface area contributed by atoms with E-state index >= 15 is 0 Å². The molecule has 84 valence electrons. The van der Waals surface area contributed by atoms with Gasteiger partial charge in [0.05, 0.1) is 5.69 Å². The first kappa shape index (κ1) is 10.6. The third kappa shape index (κ3) is 2.04. The minimum atomic E-state index is -0.125. The Bertz CT molecular complexity index is 500. The monoisotopic (exact) mass is 218 g/mol. The van der Waals surface area contributed by atoms with Crippen LogP contribution in [0.5, 0.6) is 0 Å². The molecule has 1 aromatic heterocycles. The number of rotatable bonds is 4. The highest BCUT2D eigenvalue weighted by Crippen LogP contribution is 2.02. The van der Waals surface area contributed by atoms with Crippen LogP contribution in [0.15, 0.2) is 41.5 Å². The Morgan fingerprint density at radius 2 is 2.00 bits per heavy atom. The normalized spacial score (nSPS) is 10.6. The van der Waals surface area contributed by atoms with Crippen molar-refractivity contribution in [3.8, 4) is 5.69 Å². The lowest BCUT2D eigenvalue weighted by atomic mass is 10.3. The lowest BCUT2D eigenvalue weighted by molar-refractivity contribution is 0.563. The van der Waals surface area contributed by atoms with Crippen LogP contribution < -0.4 is 11.4 Å². The Hall–Kier alpha value is -1.88. The van der Waals surface area contributed by atoms with Crippen molar-refractivity contribution >= 4 is 0 Å². The van der Waals surface area contributed by atoms with Gasteiger partial charge in [-0.25, -0.2) is 14.0 Å². The van der Waals surface area contributed by atoms with E-state index in [0.29, 0.717) is 13.1 Å². The lowest BCUT2D eigenvalue weighted by Gasteiger charge is -1.99. The zero-order chi connectivity index (χ0) is 11.4. The Morgan fingerprint density at radius 1 is 1.25 bits per heavy atom. The molecule has 0 saturated heterocycles. The second-order valence-corrected chi connectivity index (χ2v) is 3.48. The summed E-state index contributed by atoms with van der Waals surface area (Å²) in [6.45, 7) is 1.12. The predicted molar refractivity (Wildman–Crippen MR) is 61.5 cm³/mol. The van der Waals surface area contributed by atoms with E-state index in [1.54, 1.807) is 0 Å². The Balaban J connectivity index is 2.31. The minimum Gasteiger partial charge on any atom is -0.330 e. The van der Waals surface area contributed by atoms with E-state index in [1.807, 2.05) is 30.3 Å². The van der Waals surface area contributed by atoms with Gasteiger partial charge in [0.15, 0.2) is 0 Å². The molecule has 2 rings (SSSR count). The molecular weight excluding hydrogens is 204 g/mol. The van der Waals surface area contributed by atoms with Crippen molar-refractivity contribution < 1.29 is 0 Å². The summed E-state index contributed by atoms with van der Waals surface area (Å²) in [5, 5.41) is 4.04. The molecule has 1 heterocycles. The van der Waals surface area contributed by atoms with Gasteiger partial charge in [-0.3, -0.25) is 0 Å². The van der Waals surface area contributed by atoms with Gasteiger partial charge in [0, 0.05) is 6.54 Å². The summed E-state index contributed by atoms with van der Waals surface area (Å²) in [5.41, 5.74) is 6.09. The molecule has 0 aliphatic rings. The maximum absolute atomic E-state index is 11.9. The fourth-order valence-electron chi connectivity index (χ4n) is 1.50. The standard InChI is InChI=1S/C11H14N4O/c12-7-4-8-15-11(16)14(9-13-15)10-5-2-1-3-6-10/h1-3,5-6,9H,4,7-8,12H2. The highest BCUT2D eigenvalue weighted by Gasteiger charge is 2.05. The summed E-state index contributed by atoms with van der Waals surface area (Å²) in [7, 11) is 0. The molecule has 0 bridgehead atoms. The average molecular weight is 218 g/mol. The molecule has 0 aliphatic carbocycles. The third-order valence-corrected chi connectivity index (χ3v) is 2.34. The topological polar surface area (TPSA) is 65.8 Å². The first-order valence-electron chi connectivity index (χ1n) is 5.23. The van der Waals surface area contributed by atoms with E-state index in [-0.39, 0.29) is 5.69 Å². The molecule has 0 saturated carbocycles. The molecule has 0 amide bonds. The van der Waals surface area contributed by atoms with Crippen molar-refractivity contribution in [3.05, 3.63) is 47.1 Å². The molecule has 2 aromatic rings. The second kappa shape index (κ2) is 4.76. The zero-order valence-electron chi connectivity index (χ0n) is 8.91. The molecule has 0 atom stereocenters. The second-order valence-electron chi connectivity index (χ2n) is 3.48. The molecule has 0 radical (unpaired) electrons. The van der Waals surface area contributed by atoms with Gasteiger partial charge in [0.25, 0.3) is 0 Å². The van der Waals surface area contributed by atoms with Crippen LogP contribution >= 0.6 is 0 Å². The lowest BCUT2D eigenvalue weighted by Crippen LogP contribution is -2.24. The molecular formula is C11H14N4O. The summed E-state index contributed by atoms with van der Waals surface area (Å²) in [6.07, 6.45) is 2.29. The highest BCUT2D eigenvalue weighted by atomic mass is 16.2. The van der Waals surface area contributed by atoms with Crippen LogP contribution in [0.3, 0.4) is 0 Å². The Morgan fingerprint density at radius 3 is 2.69 bits per heavy atom. The van der Waals surface area contributed by atoms with Crippen molar-refractivity contribution in [1.29, 1.82) is 0 Å². The van der Waals surface area contributed by atoms with Gasteiger partial charge in [-0.1, -0.05) is 18.2 Å². The quantitative estimate of drug-likeness (QED) is 0.807. The van der Waals surface area contributed by atoms with Crippen molar-refractivity contribution in [3.63, 3.8) is 0 Å². The van der Waals surface area contributed by atoms with E-state index in [0.717, 1.165) is 12.1 Å². The zero-order valence-corrected chi connectivity index (χ0v) is 8.91. The minimum absolute atomic E-state index is 0.125. The Labute approximate surface area is 93.1 Å².